The maximum Gasteiger partial charge on any atom is 0.166 e. The second kappa shape index (κ2) is 12.3. The normalized spacial score (nSPS) is 14.8. The summed E-state index contributed by atoms with van der Waals surface area (Å²) in [5.74, 6) is 0.442. The minimum atomic E-state index is -0.257. The van der Waals surface area contributed by atoms with Crippen molar-refractivity contribution < 1.29 is 20.9 Å². The zero-order chi connectivity index (χ0) is 47.9. The summed E-state index contributed by atoms with van der Waals surface area (Å²) in [6.45, 7) is 0. The Hall–Kier alpha value is -7.83. The summed E-state index contributed by atoms with van der Waals surface area (Å²) in [7, 11) is 0. The van der Waals surface area contributed by atoms with Crippen LogP contribution in [0.2, 0.25) is 0 Å². The average molecular weight is 742 g/mol. The Labute approximate surface area is 343 Å². The summed E-state index contributed by atoms with van der Waals surface area (Å²) in [5.41, 5.74) is 3.91. The predicted octanol–water partition coefficient (Wildman–Crippen LogP) is 13.0. The van der Waals surface area contributed by atoms with Gasteiger partial charge in [-0.25, -0.2) is 15.0 Å². The molecule has 4 heterocycles. The van der Waals surface area contributed by atoms with Crippen molar-refractivity contribution in [2.45, 2.75) is 0 Å². The Bertz CT molecular complexity index is 3900. The summed E-state index contributed by atoms with van der Waals surface area (Å²) >= 11 is 0. The van der Waals surface area contributed by atoms with Gasteiger partial charge in [-0.3, -0.25) is 0 Å². The molecule has 8 aromatic carbocycles. The lowest BCUT2D eigenvalue weighted by molar-refractivity contribution is 0.669. The first-order valence-corrected chi connectivity index (χ1v) is 18.1. The van der Waals surface area contributed by atoms with Gasteiger partial charge in [0.2, 0.25) is 0 Å². The van der Waals surface area contributed by atoms with Gasteiger partial charge in [0.1, 0.15) is 11.2 Å². The number of nitrogens with zero attached hydrogens (tertiary/aromatic N) is 5. The molecular formula is C51H31N5O. The molecule has 0 aliphatic heterocycles. The van der Waals surface area contributed by atoms with Crippen LogP contribution in [0.5, 0.6) is 0 Å². The van der Waals surface area contributed by atoms with Crippen molar-refractivity contribution in [3.63, 3.8) is 0 Å². The van der Waals surface area contributed by atoms with Crippen LogP contribution in [0.3, 0.4) is 0 Å². The fraction of sp³-hybridized carbons (Fsp3) is 0. The van der Waals surface area contributed by atoms with Crippen molar-refractivity contribution in [3.8, 4) is 45.5 Å². The fourth-order valence-corrected chi connectivity index (χ4v) is 7.84. The Morgan fingerprint density at radius 3 is 1.35 bits per heavy atom. The molecule has 4 aromatic heterocycles. The molecule has 57 heavy (non-hydrogen) atoms. The van der Waals surface area contributed by atoms with E-state index in [0.29, 0.717) is 39.2 Å². The number of rotatable bonds is 5. The standard InChI is InChI=1S/C51H31N5O/c1-8-22-41-33(15-1)34-16-2-9-23-42(34)55(41)45-26-12-5-20-39(45)50-52-49(32-29-30-38-37-19-7-14-28-47(37)57-48(38)31-32)53-51(54-50)40-21-6-13-27-46(40)56-43-24-10-3-17-35(43)36-18-4-11-25-44(36)56/h1-31H/i1D,2D,3D,4D,15D,16D,17D,18D,22D,23D,24D,25D. The van der Waals surface area contributed by atoms with Gasteiger partial charge in [0.25, 0.3) is 0 Å². The molecule has 0 saturated heterocycles. The number of fused-ring (bicyclic) bond motifs is 9. The van der Waals surface area contributed by atoms with Gasteiger partial charge in [0.05, 0.1) is 49.9 Å². The van der Waals surface area contributed by atoms with E-state index in [4.69, 9.17) is 35.8 Å². The van der Waals surface area contributed by atoms with Gasteiger partial charge >= 0.3 is 0 Å². The second-order valence-electron chi connectivity index (χ2n) is 13.4. The summed E-state index contributed by atoms with van der Waals surface area (Å²) in [6, 6.07) is 29.7. The van der Waals surface area contributed by atoms with E-state index in [1.54, 1.807) is 57.7 Å². The third kappa shape index (κ3) is 4.81. The lowest BCUT2D eigenvalue weighted by atomic mass is 10.1. The maximum atomic E-state index is 9.16. The van der Waals surface area contributed by atoms with E-state index in [2.05, 4.69) is 0 Å². The number of hydrogen-bond acceptors (Lipinski definition) is 4. The Morgan fingerprint density at radius 2 is 0.825 bits per heavy atom. The van der Waals surface area contributed by atoms with Crippen LogP contribution in [0.15, 0.2) is 192 Å². The number of benzene rings is 8. The van der Waals surface area contributed by atoms with Gasteiger partial charge in [0.15, 0.2) is 17.5 Å². The molecule has 0 bridgehead atoms. The van der Waals surface area contributed by atoms with Crippen molar-refractivity contribution in [2.24, 2.45) is 0 Å². The van der Waals surface area contributed by atoms with Gasteiger partial charge in [-0.1, -0.05) is 121 Å². The Balaban J connectivity index is 1.18. The molecule has 0 N–H and O–H groups in total. The van der Waals surface area contributed by atoms with E-state index >= 15 is 0 Å². The van der Waals surface area contributed by atoms with Gasteiger partial charge in [-0.05, 0) is 66.6 Å². The Kier molecular flexibility index (Phi) is 4.74. The van der Waals surface area contributed by atoms with Crippen LogP contribution < -0.4 is 0 Å². The van der Waals surface area contributed by atoms with E-state index in [9.17, 15) is 0 Å². The quantitative estimate of drug-likeness (QED) is 0.176. The molecule has 12 rings (SSSR count). The number of para-hydroxylation sites is 7. The van der Waals surface area contributed by atoms with Crippen LogP contribution >= 0.6 is 0 Å². The summed E-state index contributed by atoms with van der Waals surface area (Å²) in [5, 5.41) is 2.15. The topological polar surface area (TPSA) is 61.7 Å². The van der Waals surface area contributed by atoms with Crippen molar-refractivity contribution in [3.05, 3.63) is 188 Å². The van der Waals surface area contributed by atoms with Crippen LogP contribution in [0.25, 0.3) is 111 Å². The molecule has 266 valence electrons. The van der Waals surface area contributed by atoms with E-state index in [-0.39, 0.29) is 134 Å². The minimum absolute atomic E-state index is 0.0884. The van der Waals surface area contributed by atoms with Gasteiger partial charge in [0, 0.05) is 49.0 Å². The lowest BCUT2D eigenvalue weighted by Crippen LogP contribution is -2.05. The molecule has 6 heteroatoms. The second-order valence-corrected chi connectivity index (χ2v) is 13.4. The molecule has 0 spiro atoms. The smallest absolute Gasteiger partial charge is 0.166 e. The fourth-order valence-electron chi connectivity index (χ4n) is 7.84. The average Bonchev–Trinajstić information content (AvgIpc) is 4.03. The molecule has 0 saturated carbocycles. The van der Waals surface area contributed by atoms with E-state index in [0.717, 1.165) is 10.8 Å². The van der Waals surface area contributed by atoms with E-state index < -0.39 is 0 Å². The molecule has 6 nitrogen and oxygen atoms in total. The van der Waals surface area contributed by atoms with Crippen LogP contribution in [-0.2, 0) is 0 Å². The minimum Gasteiger partial charge on any atom is -0.456 e. The number of furan rings is 1. The molecule has 0 fully saturated rings. The molecule has 12 aromatic rings. The van der Waals surface area contributed by atoms with Crippen LogP contribution in [-0.4, -0.2) is 24.1 Å². The highest BCUT2D eigenvalue weighted by molar-refractivity contribution is 6.11. The van der Waals surface area contributed by atoms with Crippen molar-refractivity contribution >= 4 is 65.6 Å². The highest BCUT2D eigenvalue weighted by atomic mass is 16.3. The van der Waals surface area contributed by atoms with Crippen LogP contribution in [0, 0.1) is 0 Å². The highest BCUT2D eigenvalue weighted by Crippen LogP contribution is 2.39. The maximum absolute atomic E-state index is 9.16. The van der Waals surface area contributed by atoms with Crippen LogP contribution in [0.1, 0.15) is 16.4 Å². The third-order valence-electron chi connectivity index (χ3n) is 10.3. The monoisotopic (exact) mass is 741 g/mol. The predicted molar refractivity (Wildman–Crippen MR) is 232 cm³/mol. The first-order chi connectivity index (χ1) is 33.2. The molecule has 0 aliphatic carbocycles. The molecule has 0 radical (unpaired) electrons. The van der Waals surface area contributed by atoms with Crippen molar-refractivity contribution in [2.75, 3.05) is 0 Å². The zero-order valence-electron chi connectivity index (χ0n) is 41.6. The Morgan fingerprint density at radius 1 is 0.386 bits per heavy atom. The van der Waals surface area contributed by atoms with Crippen LogP contribution in [0.4, 0.5) is 0 Å². The lowest BCUT2D eigenvalue weighted by Gasteiger charge is -2.16. The number of aromatic nitrogens is 5. The van der Waals surface area contributed by atoms with E-state index in [1.165, 1.54) is 24.3 Å². The summed E-state index contributed by atoms with van der Waals surface area (Å²) in [6.07, 6.45) is 0. The first kappa shape index (κ1) is 21.9. The summed E-state index contributed by atoms with van der Waals surface area (Å²) in [4.78, 5) is 15.3. The SMILES string of the molecule is [2H]c1cc([2H])c2c(c1[2H])c1c([2H])c([2H])cc([2H])c1n2-c1ccccc1-c1nc(-c2ccc3c(c2)oc2ccccc23)nc(-c2ccccc2-n2c3c([2H])cc([2H])c([2H])c3c3c([2H])c([2H])cc([2H])c32)n1. The van der Waals surface area contributed by atoms with Gasteiger partial charge in [-0.2, -0.15) is 0 Å². The largest absolute Gasteiger partial charge is 0.456 e. The van der Waals surface area contributed by atoms with E-state index in [1.807, 2.05) is 42.5 Å². The molecular weight excluding hydrogens is 699 g/mol. The zero-order valence-corrected chi connectivity index (χ0v) is 29.6. The van der Waals surface area contributed by atoms with Crippen molar-refractivity contribution in [1.82, 2.24) is 24.1 Å². The molecule has 0 amide bonds. The molecule has 0 unspecified atom stereocenters. The number of hydrogen-bond donors (Lipinski definition) is 0. The first-order valence-electron chi connectivity index (χ1n) is 24.1. The molecule has 0 atom stereocenters. The van der Waals surface area contributed by atoms with Gasteiger partial charge < -0.3 is 13.6 Å². The summed E-state index contributed by atoms with van der Waals surface area (Å²) < 4.78 is 116. The van der Waals surface area contributed by atoms with Gasteiger partial charge in [-0.15, -0.1) is 0 Å². The molecule has 0 aliphatic rings. The highest BCUT2D eigenvalue weighted by Gasteiger charge is 2.22. The third-order valence-corrected chi connectivity index (χ3v) is 10.3. The van der Waals surface area contributed by atoms with Crippen molar-refractivity contribution in [1.29, 1.82) is 0 Å².